The molecule has 2 aromatic heterocycles. The summed E-state index contributed by atoms with van der Waals surface area (Å²) in [7, 11) is 0. The number of rotatable bonds is 8. The number of carbonyl (C=O) groups is 2. The molecule has 0 aliphatic rings. The van der Waals surface area contributed by atoms with Gasteiger partial charge in [0.1, 0.15) is 0 Å². The standard InChI is InChI=1S/C22H24N4O3/c1-15-12-16(2)26(25-15)20-10-8-18(14-23-20)22(29)24-19(9-11-21(27)28)13-17-6-4-3-5-7-17/h3-8,10,12,14,19H,9,11,13H2,1-2H3,(H,24,29)(H,27,28). The fourth-order valence-electron chi connectivity index (χ4n) is 3.20. The number of nitrogens with zero attached hydrogens (tertiary/aromatic N) is 3. The number of hydrogen-bond donors (Lipinski definition) is 2. The largest absolute Gasteiger partial charge is 0.481 e. The smallest absolute Gasteiger partial charge is 0.303 e. The molecule has 7 heteroatoms. The lowest BCUT2D eigenvalue weighted by atomic mass is 10.0. The predicted octanol–water partition coefficient (Wildman–Crippen LogP) is 3.09. The normalized spacial score (nSPS) is 11.8. The molecule has 2 N–H and O–H groups in total. The third-order valence-electron chi connectivity index (χ3n) is 4.60. The first-order chi connectivity index (χ1) is 13.9. The van der Waals surface area contributed by atoms with E-state index in [1.54, 1.807) is 16.8 Å². The maximum Gasteiger partial charge on any atom is 0.303 e. The Morgan fingerprint density at radius 3 is 2.48 bits per heavy atom. The molecule has 0 fully saturated rings. The Labute approximate surface area is 169 Å². The first-order valence-corrected chi connectivity index (χ1v) is 9.48. The van der Waals surface area contributed by atoms with E-state index >= 15 is 0 Å². The fraction of sp³-hybridized carbons (Fsp3) is 0.273. The Balaban J connectivity index is 1.71. The number of carboxylic acids is 1. The summed E-state index contributed by atoms with van der Waals surface area (Å²) in [4.78, 5) is 28.0. The minimum Gasteiger partial charge on any atom is -0.481 e. The highest BCUT2D eigenvalue weighted by molar-refractivity contribution is 5.94. The number of pyridine rings is 1. The van der Waals surface area contributed by atoms with Gasteiger partial charge in [-0.15, -0.1) is 0 Å². The lowest BCUT2D eigenvalue weighted by molar-refractivity contribution is -0.137. The highest BCUT2D eigenvalue weighted by atomic mass is 16.4. The Kier molecular flexibility index (Phi) is 6.39. The number of amides is 1. The van der Waals surface area contributed by atoms with Crippen LogP contribution in [0.2, 0.25) is 0 Å². The summed E-state index contributed by atoms with van der Waals surface area (Å²) in [5.41, 5.74) is 3.32. The van der Waals surface area contributed by atoms with Crippen LogP contribution in [0.3, 0.4) is 0 Å². The minimum absolute atomic E-state index is 0.00705. The summed E-state index contributed by atoms with van der Waals surface area (Å²) in [6, 6.07) is 14.8. The summed E-state index contributed by atoms with van der Waals surface area (Å²) in [6.07, 6.45) is 2.43. The summed E-state index contributed by atoms with van der Waals surface area (Å²) >= 11 is 0. The van der Waals surface area contributed by atoms with Gasteiger partial charge in [-0.25, -0.2) is 9.67 Å². The quantitative estimate of drug-likeness (QED) is 0.614. The Bertz CT molecular complexity index is 981. The van der Waals surface area contributed by atoms with Crippen LogP contribution in [-0.2, 0) is 11.2 Å². The van der Waals surface area contributed by atoms with E-state index in [1.165, 1.54) is 6.20 Å². The molecule has 2 heterocycles. The zero-order valence-corrected chi connectivity index (χ0v) is 16.5. The average molecular weight is 392 g/mol. The molecule has 0 aliphatic carbocycles. The van der Waals surface area contributed by atoms with Crippen LogP contribution >= 0.6 is 0 Å². The molecule has 3 aromatic rings. The number of aromatic nitrogens is 3. The van der Waals surface area contributed by atoms with E-state index in [4.69, 9.17) is 5.11 Å². The maximum atomic E-state index is 12.7. The second-order valence-electron chi connectivity index (χ2n) is 7.04. The second-order valence-corrected chi connectivity index (χ2v) is 7.04. The molecule has 0 bridgehead atoms. The van der Waals surface area contributed by atoms with Gasteiger partial charge >= 0.3 is 5.97 Å². The van der Waals surface area contributed by atoms with Gasteiger partial charge in [0.2, 0.25) is 0 Å². The molecule has 29 heavy (non-hydrogen) atoms. The summed E-state index contributed by atoms with van der Waals surface area (Å²) in [5.74, 6) is -0.518. The van der Waals surface area contributed by atoms with Crippen LogP contribution in [0.5, 0.6) is 0 Å². The van der Waals surface area contributed by atoms with Crippen LogP contribution < -0.4 is 5.32 Å². The highest BCUT2D eigenvalue weighted by Gasteiger charge is 2.16. The number of nitrogens with one attached hydrogen (secondary N) is 1. The maximum absolute atomic E-state index is 12.7. The van der Waals surface area contributed by atoms with Crippen molar-refractivity contribution < 1.29 is 14.7 Å². The van der Waals surface area contributed by atoms with Crippen molar-refractivity contribution in [1.82, 2.24) is 20.1 Å². The number of aliphatic carboxylic acids is 1. The Morgan fingerprint density at radius 2 is 1.90 bits per heavy atom. The van der Waals surface area contributed by atoms with Crippen molar-refractivity contribution in [3.8, 4) is 5.82 Å². The molecule has 150 valence electrons. The molecule has 0 radical (unpaired) electrons. The van der Waals surface area contributed by atoms with Gasteiger partial charge in [0, 0.05) is 24.4 Å². The predicted molar refractivity (Wildman–Crippen MR) is 109 cm³/mol. The first kappa shape index (κ1) is 20.3. The van der Waals surface area contributed by atoms with Gasteiger partial charge in [-0.1, -0.05) is 30.3 Å². The van der Waals surface area contributed by atoms with Gasteiger partial charge in [-0.3, -0.25) is 9.59 Å². The zero-order valence-electron chi connectivity index (χ0n) is 16.5. The SMILES string of the molecule is Cc1cc(C)n(-c2ccc(C(=O)NC(CCC(=O)O)Cc3ccccc3)cn2)n1. The average Bonchev–Trinajstić information content (AvgIpc) is 3.05. The van der Waals surface area contributed by atoms with Crippen molar-refractivity contribution in [2.75, 3.05) is 0 Å². The lowest BCUT2D eigenvalue weighted by Gasteiger charge is -2.18. The summed E-state index contributed by atoms with van der Waals surface area (Å²) in [5, 5.41) is 16.3. The highest BCUT2D eigenvalue weighted by Crippen LogP contribution is 2.12. The first-order valence-electron chi connectivity index (χ1n) is 9.48. The zero-order chi connectivity index (χ0) is 20.8. The minimum atomic E-state index is -0.881. The van der Waals surface area contributed by atoms with Gasteiger partial charge in [0.05, 0.1) is 11.3 Å². The third-order valence-corrected chi connectivity index (χ3v) is 4.60. The second kappa shape index (κ2) is 9.14. The molecule has 0 saturated heterocycles. The van der Waals surface area contributed by atoms with Crippen molar-refractivity contribution in [1.29, 1.82) is 0 Å². The fourth-order valence-corrected chi connectivity index (χ4v) is 3.20. The Morgan fingerprint density at radius 1 is 1.14 bits per heavy atom. The van der Waals surface area contributed by atoms with Crippen molar-refractivity contribution >= 4 is 11.9 Å². The molecule has 0 spiro atoms. The number of benzene rings is 1. The monoisotopic (exact) mass is 392 g/mol. The molecule has 1 unspecified atom stereocenters. The van der Waals surface area contributed by atoms with Crippen LogP contribution in [0.15, 0.2) is 54.7 Å². The molecule has 1 amide bonds. The van der Waals surface area contributed by atoms with Gasteiger partial charge in [-0.05, 0) is 50.5 Å². The van der Waals surface area contributed by atoms with Gasteiger partial charge < -0.3 is 10.4 Å². The molecule has 1 atom stereocenters. The van der Waals surface area contributed by atoms with E-state index in [-0.39, 0.29) is 18.4 Å². The molecule has 0 saturated carbocycles. The molecular weight excluding hydrogens is 368 g/mol. The topological polar surface area (TPSA) is 97.1 Å². The molecule has 3 rings (SSSR count). The molecular formula is C22H24N4O3. The van der Waals surface area contributed by atoms with Crippen LogP contribution in [0.1, 0.15) is 40.2 Å². The van der Waals surface area contributed by atoms with Crippen LogP contribution in [0.4, 0.5) is 0 Å². The summed E-state index contributed by atoms with van der Waals surface area (Å²) < 4.78 is 1.72. The van der Waals surface area contributed by atoms with Crippen molar-refractivity contribution in [2.24, 2.45) is 0 Å². The molecule has 7 nitrogen and oxygen atoms in total. The van der Waals surface area contributed by atoms with Gasteiger partial charge in [-0.2, -0.15) is 5.10 Å². The third kappa shape index (κ3) is 5.51. The lowest BCUT2D eigenvalue weighted by Crippen LogP contribution is -2.37. The molecule has 1 aromatic carbocycles. The van der Waals surface area contributed by atoms with Crippen molar-refractivity contribution in [3.05, 3.63) is 77.2 Å². The number of aryl methyl sites for hydroxylation is 2. The van der Waals surface area contributed by atoms with E-state index in [2.05, 4.69) is 15.4 Å². The van der Waals surface area contributed by atoms with E-state index in [0.29, 0.717) is 24.2 Å². The van der Waals surface area contributed by atoms with Crippen molar-refractivity contribution in [3.63, 3.8) is 0 Å². The van der Waals surface area contributed by atoms with E-state index in [9.17, 15) is 9.59 Å². The van der Waals surface area contributed by atoms with E-state index < -0.39 is 5.97 Å². The number of carboxylic acid groups (broad SMARTS) is 1. The van der Waals surface area contributed by atoms with Crippen LogP contribution in [-0.4, -0.2) is 37.8 Å². The van der Waals surface area contributed by atoms with Gasteiger partial charge in [0.25, 0.3) is 5.91 Å². The Hall–Kier alpha value is -3.48. The van der Waals surface area contributed by atoms with Crippen molar-refractivity contribution in [2.45, 2.75) is 39.2 Å². The summed E-state index contributed by atoms with van der Waals surface area (Å²) in [6.45, 7) is 3.86. The van der Waals surface area contributed by atoms with E-state index in [0.717, 1.165) is 17.0 Å². The molecule has 0 aliphatic heterocycles. The van der Waals surface area contributed by atoms with Crippen LogP contribution in [0.25, 0.3) is 5.82 Å². The van der Waals surface area contributed by atoms with Crippen LogP contribution in [0, 0.1) is 13.8 Å². The number of carbonyl (C=O) groups excluding carboxylic acids is 1. The number of hydrogen-bond acceptors (Lipinski definition) is 4. The van der Waals surface area contributed by atoms with E-state index in [1.807, 2.05) is 50.2 Å². The van der Waals surface area contributed by atoms with Gasteiger partial charge in [0.15, 0.2) is 5.82 Å².